The molecule has 1 amide bonds. The van der Waals surface area contributed by atoms with Crippen LogP contribution in [-0.2, 0) is 7.05 Å². The van der Waals surface area contributed by atoms with Crippen molar-refractivity contribution < 1.29 is 4.79 Å². The van der Waals surface area contributed by atoms with Gasteiger partial charge < -0.3 is 15.1 Å². The minimum absolute atomic E-state index is 0.0712. The van der Waals surface area contributed by atoms with Crippen LogP contribution >= 0.6 is 0 Å². The zero-order valence-electron chi connectivity index (χ0n) is 21.9. The number of piperidine rings is 1. The Morgan fingerprint density at radius 2 is 1.63 bits per heavy atom. The van der Waals surface area contributed by atoms with E-state index in [1.807, 2.05) is 13.1 Å². The summed E-state index contributed by atoms with van der Waals surface area (Å²) in [7, 11) is 1.89. The maximum absolute atomic E-state index is 13.2. The summed E-state index contributed by atoms with van der Waals surface area (Å²) in [6.45, 7) is 11.2. The van der Waals surface area contributed by atoms with Gasteiger partial charge in [0.25, 0.3) is 5.91 Å². The highest BCUT2D eigenvalue weighted by molar-refractivity contribution is 6.04. The van der Waals surface area contributed by atoms with Gasteiger partial charge in [0.05, 0.1) is 5.39 Å². The highest BCUT2D eigenvalue weighted by Crippen LogP contribution is 2.25. The number of fused-ring (bicyclic) bond motifs is 1. The molecule has 8 heteroatoms. The van der Waals surface area contributed by atoms with Crippen LogP contribution in [0.4, 0.5) is 5.82 Å². The third-order valence-corrected chi connectivity index (χ3v) is 8.55. The fraction of sp³-hybridized carbons (Fsp3) is 0.741. The molecule has 5 rings (SSSR count). The second kappa shape index (κ2) is 10.8. The lowest BCUT2D eigenvalue weighted by Gasteiger charge is -2.34. The predicted octanol–water partition coefficient (Wildman–Crippen LogP) is 3.42. The number of aryl methyl sites for hydroxylation is 1. The van der Waals surface area contributed by atoms with E-state index in [9.17, 15) is 4.79 Å². The number of amides is 1. The molecular weight excluding hydrogens is 438 g/mol. The summed E-state index contributed by atoms with van der Waals surface area (Å²) >= 11 is 0. The fourth-order valence-electron chi connectivity index (χ4n) is 6.27. The van der Waals surface area contributed by atoms with E-state index in [1.54, 1.807) is 4.68 Å². The Morgan fingerprint density at radius 1 is 0.943 bits per heavy atom. The quantitative estimate of drug-likeness (QED) is 0.682. The van der Waals surface area contributed by atoms with Crippen LogP contribution in [0, 0.1) is 0 Å². The van der Waals surface area contributed by atoms with Gasteiger partial charge >= 0.3 is 0 Å². The molecule has 0 spiro atoms. The highest BCUT2D eigenvalue weighted by atomic mass is 16.2. The van der Waals surface area contributed by atoms with Gasteiger partial charge in [0.2, 0.25) is 0 Å². The van der Waals surface area contributed by atoms with Gasteiger partial charge in [0.15, 0.2) is 11.3 Å². The van der Waals surface area contributed by atoms with Crippen molar-refractivity contribution in [3.63, 3.8) is 0 Å². The summed E-state index contributed by atoms with van der Waals surface area (Å²) in [5.41, 5.74) is 1.29. The van der Waals surface area contributed by atoms with Crippen molar-refractivity contribution in [2.75, 3.05) is 44.2 Å². The first-order valence-corrected chi connectivity index (χ1v) is 13.9. The molecule has 2 unspecified atom stereocenters. The molecule has 2 aromatic rings. The van der Waals surface area contributed by atoms with Gasteiger partial charge in [-0.2, -0.15) is 5.10 Å². The zero-order valence-corrected chi connectivity index (χ0v) is 21.9. The van der Waals surface area contributed by atoms with E-state index in [4.69, 9.17) is 4.98 Å². The predicted molar refractivity (Wildman–Crippen MR) is 141 cm³/mol. The maximum atomic E-state index is 13.2. The third-order valence-electron chi connectivity index (χ3n) is 8.55. The number of pyridine rings is 1. The third kappa shape index (κ3) is 5.48. The van der Waals surface area contributed by atoms with Crippen molar-refractivity contribution >= 4 is 22.8 Å². The van der Waals surface area contributed by atoms with Crippen molar-refractivity contribution in [3.05, 3.63) is 17.8 Å². The molecular formula is C27H43N7O. The molecule has 3 aliphatic heterocycles. The second-order valence-electron chi connectivity index (χ2n) is 11.0. The molecule has 8 nitrogen and oxygen atoms in total. The molecule has 5 heterocycles. The molecule has 0 radical (unpaired) electrons. The SMILES string of the molecule is CC1CCC(C)N1CCN1CCC(NC(=O)c2nn(C)c3nc(N4CCCCCC4)ccc23)CC1. The molecule has 1 N–H and O–H groups in total. The lowest BCUT2D eigenvalue weighted by atomic mass is 10.0. The number of hydrogen-bond donors (Lipinski definition) is 1. The summed E-state index contributed by atoms with van der Waals surface area (Å²) in [5.74, 6) is 0.928. The first-order valence-electron chi connectivity index (χ1n) is 13.9. The zero-order chi connectivity index (χ0) is 24.4. The van der Waals surface area contributed by atoms with Crippen molar-refractivity contribution in [2.45, 2.75) is 83.3 Å². The van der Waals surface area contributed by atoms with Crippen LogP contribution in [0.2, 0.25) is 0 Å². The topological polar surface area (TPSA) is 69.5 Å². The number of carbonyl (C=O) groups excluding carboxylic acids is 1. The molecule has 0 aromatic carbocycles. The van der Waals surface area contributed by atoms with E-state index in [0.29, 0.717) is 17.8 Å². The number of likely N-dealkylation sites (tertiary alicyclic amines) is 2. The summed E-state index contributed by atoms with van der Waals surface area (Å²) in [5, 5.41) is 8.68. The Morgan fingerprint density at radius 3 is 2.31 bits per heavy atom. The van der Waals surface area contributed by atoms with Gasteiger partial charge in [-0.25, -0.2) is 9.67 Å². The van der Waals surface area contributed by atoms with Gasteiger partial charge in [0.1, 0.15) is 5.82 Å². The Balaban J connectivity index is 1.16. The van der Waals surface area contributed by atoms with E-state index in [2.05, 4.69) is 45.0 Å². The summed E-state index contributed by atoms with van der Waals surface area (Å²) < 4.78 is 1.76. The molecule has 35 heavy (non-hydrogen) atoms. The van der Waals surface area contributed by atoms with Crippen LogP contribution in [-0.4, -0.2) is 87.9 Å². The number of nitrogens with one attached hydrogen (secondary N) is 1. The van der Waals surface area contributed by atoms with E-state index < -0.39 is 0 Å². The van der Waals surface area contributed by atoms with Crippen LogP contribution in [0.15, 0.2) is 12.1 Å². The summed E-state index contributed by atoms with van der Waals surface area (Å²) in [4.78, 5) is 25.7. The molecule has 2 atom stereocenters. The smallest absolute Gasteiger partial charge is 0.272 e. The molecule has 0 aliphatic carbocycles. The van der Waals surface area contributed by atoms with Gasteiger partial charge in [-0.15, -0.1) is 0 Å². The van der Waals surface area contributed by atoms with E-state index in [1.165, 1.54) is 38.5 Å². The lowest BCUT2D eigenvalue weighted by molar-refractivity contribution is 0.0898. The molecule has 0 bridgehead atoms. The average Bonchev–Trinajstić information content (AvgIpc) is 3.21. The minimum atomic E-state index is -0.0712. The van der Waals surface area contributed by atoms with Gasteiger partial charge in [-0.05, 0) is 64.5 Å². The minimum Gasteiger partial charge on any atom is -0.357 e. The van der Waals surface area contributed by atoms with E-state index >= 15 is 0 Å². The largest absolute Gasteiger partial charge is 0.357 e. The van der Waals surface area contributed by atoms with Crippen molar-refractivity contribution in [1.29, 1.82) is 0 Å². The van der Waals surface area contributed by atoms with Gasteiger partial charge in [0, 0.05) is 64.4 Å². The molecule has 0 saturated carbocycles. The van der Waals surface area contributed by atoms with Crippen LogP contribution < -0.4 is 10.2 Å². The second-order valence-corrected chi connectivity index (χ2v) is 11.0. The standard InChI is InChI=1S/C27H43N7O/c1-20-8-9-21(2)34(20)19-18-32-16-12-22(13-17-32)28-27(35)25-23-10-11-24(29-26(23)31(3)30-25)33-14-6-4-5-7-15-33/h10-11,20-22H,4-9,12-19H2,1-3H3,(H,28,35). The molecule has 3 aliphatic rings. The average molecular weight is 482 g/mol. The number of aromatic nitrogens is 3. The normalized spacial score (nSPS) is 25.3. The van der Waals surface area contributed by atoms with Crippen LogP contribution in [0.1, 0.15) is 75.7 Å². The summed E-state index contributed by atoms with van der Waals surface area (Å²) in [6.07, 6.45) is 9.67. The van der Waals surface area contributed by atoms with Crippen LogP contribution in [0.3, 0.4) is 0 Å². The van der Waals surface area contributed by atoms with Gasteiger partial charge in [-0.3, -0.25) is 9.69 Å². The number of nitrogens with zero attached hydrogens (tertiary/aromatic N) is 6. The first-order chi connectivity index (χ1) is 17.0. The molecule has 3 saturated heterocycles. The maximum Gasteiger partial charge on any atom is 0.272 e. The number of rotatable bonds is 6. The van der Waals surface area contributed by atoms with Crippen LogP contribution in [0.5, 0.6) is 0 Å². The lowest BCUT2D eigenvalue weighted by Crippen LogP contribution is -2.47. The number of carbonyl (C=O) groups is 1. The molecule has 192 valence electrons. The summed E-state index contributed by atoms with van der Waals surface area (Å²) in [6, 6.07) is 5.74. The Labute approximate surface area is 210 Å². The molecule has 3 fully saturated rings. The Hall–Kier alpha value is -2.19. The number of hydrogen-bond acceptors (Lipinski definition) is 6. The van der Waals surface area contributed by atoms with Crippen molar-refractivity contribution in [1.82, 2.24) is 29.9 Å². The Kier molecular flexibility index (Phi) is 7.58. The van der Waals surface area contributed by atoms with E-state index in [0.717, 1.165) is 69.0 Å². The van der Waals surface area contributed by atoms with E-state index in [-0.39, 0.29) is 11.9 Å². The van der Waals surface area contributed by atoms with Crippen molar-refractivity contribution in [3.8, 4) is 0 Å². The monoisotopic (exact) mass is 481 g/mol. The molecule has 2 aromatic heterocycles. The Bertz CT molecular complexity index is 994. The first kappa shape index (κ1) is 24.5. The number of anilines is 1. The van der Waals surface area contributed by atoms with Gasteiger partial charge in [-0.1, -0.05) is 12.8 Å². The van der Waals surface area contributed by atoms with Crippen LogP contribution in [0.25, 0.3) is 11.0 Å². The highest BCUT2D eigenvalue weighted by Gasteiger charge is 2.28. The van der Waals surface area contributed by atoms with Crippen molar-refractivity contribution in [2.24, 2.45) is 7.05 Å². The fourth-order valence-corrected chi connectivity index (χ4v) is 6.27.